The molecule has 15 rings (SSSR count). The molecule has 0 aliphatic rings. The Hall–Kier alpha value is -9.90. The van der Waals surface area contributed by atoms with Crippen molar-refractivity contribution in [1.82, 2.24) is 9.13 Å². The van der Waals surface area contributed by atoms with Crippen LogP contribution in [0.4, 0.5) is 34.1 Å². The second-order valence-electron chi connectivity index (χ2n) is 19.2. The van der Waals surface area contributed by atoms with E-state index in [0.717, 1.165) is 56.3 Å². The molecule has 15 aromatic rings. The molecule has 0 saturated carbocycles. The topological polar surface area (TPSA) is 16.3 Å². The summed E-state index contributed by atoms with van der Waals surface area (Å²) in [6.45, 7) is 0. The van der Waals surface area contributed by atoms with Gasteiger partial charge in [0, 0.05) is 65.2 Å². The average Bonchev–Trinajstić information content (AvgIpc) is 4.00. The normalized spacial score (nSPS) is 11.8. The van der Waals surface area contributed by atoms with Crippen molar-refractivity contribution in [1.29, 1.82) is 0 Å². The van der Waals surface area contributed by atoms with Gasteiger partial charge in [-0.25, -0.2) is 0 Å². The number of fused-ring (bicyclic) bond motifs is 10. The quantitative estimate of drug-likeness (QED) is 0.151. The summed E-state index contributed by atoms with van der Waals surface area (Å²) in [5.41, 5.74) is 13.5. The van der Waals surface area contributed by atoms with Crippen molar-refractivity contribution in [2.24, 2.45) is 0 Å². The van der Waals surface area contributed by atoms with Crippen LogP contribution in [0.15, 0.2) is 279 Å². The molecule has 0 amide bonds. The summed E-state index contributed by atoms with van der Waals surface area (Å²) in [5, 5.41) is 14.4. The van der Waals surface area contributed by atoms with Gasteiger partial charge in [0.2, 0.25) is 0 Å². The fourth-order valence-corrected chi connectivity index (χ4v) is 12.1. The Morgan fingerprint density at radius 2 is 0.486 bits per heavy atom. The molecule has 0 unspecified atom stereocenters. The van der Waals surface area contributed by atoms with Gasteiger partial charge in [0.05, 0.1) is 56.2 Å². The zero-order valence-corrected chi connectivity index (χ0v) is 40.3. The standard InChI is InChI=1S/C70H46N4/c1-3-26-51-47(20-1)22-17-40-61(51)71(67-42-44-69(59-30-7-5-28-57(59)67)73-63-36-13-9-32-53(63)54-33-10-14-37-64(54)73)49-24-19-25-50(46-49)72(62-41-18-23-48-21-2-4-27-52(48)62)68-43-45-70(60-31-8-6-29-58(60)68)74-65-38-15-11-34-55(65)56-35-12-16-39-66(56)74/h1-46H. The van der Waals surface area contributed by atoms with Crippen LogP contribution in [0, 0.1) is 0 Å². The first kappa shape index (κ1) is 41.8. The first-order valence-corrected chi connectivity index (χ1v) is 25.4. The Morgan fingerprint density at radius 1 is 0.203 bits per heavy atom. The van der Waals surface area contributed by atoms with E-state index in [2.05, 4.69) is 298 Å². The van der Waals surface area contributed by atoms with Crippen LogP contribution in [0.25, 0.3) is 98.1 Å². The van der Waals surface area contributed by atoms with Gasteiger partial charge in [-0.3, -0.25) is 0 Å². The molecule has 0 bridgehead atoms. The minimum absolute atomic E-state index is 1.05. The maximum Gasteiger partial charge on any atom is 0.0542 e. The molecule has 0 spiro atoms. The SMILES string of the molecule is c1cc(N(c2cccc3ccccc23)c2ccc(-n3c4ccccc4c4ccccc43)c3ccccc23)cc(N(c2cccc3ccccc23)c2ccc(-n3c4ccccc4c4ccccc43)c3ccccc23)c1. The lowest BCUT2D eigenvalue weighted by atomic mass is 10.0. The third-order valence-electron chi connectivity index (χ3n) is 15.2. The number of para-hydroxylation sites is 4. The zero-order valence-electron chi connectivity index (χ0n) is 40.3. The summed E-state index contributed by atoms with van der Waals surface area (Å²) in [4.78, 5) is 4.96. The van der Waals surface area contributed by atoms with Crippen LogP contribution < -0.4 is 9.80 Å². The molecular formula is C70H46N4. The van der Waals surface area contributed by atoms with Gasteiger partial charge in [0.15, 0.2) is 0 Å². The highest BCUT2D eigenvalue weighted by Gasteiger charge is 2.25. The van der Waals surface area contributed by atoms with E-state index in [4.69, 9.17) is 0 Å². The van der Waals surface area contributed by atoms with Gasteiger partial charge in [0.25, 0.3) is 0 Å². The highest BCUT2D eigenvalue weighted by molar-refractivity contribution is 6.15. The third-order valence-corrected chi connectivity index (χ3v) is 15.2. The van der Waals surface area contributed by atoms with Gasteiger partial charge in [0.1, 0.15) is 0 Å². The summed E-state index contributed by atoms with van der Waals surface area (Å²) >= 11 is 0. The van der Waals surface area contributed by atoms with E-state index in [1.807, 2.05) is 0 Å². The van der Waals surface area contributed by atoms with Crippen LogP contribution in [0.1, 0.15) is 0 Å². The molecule has 0 radical (unpaired) electrons. The Balaban J connectivity index is 0.978. The average molecular weight is 943 g/mol. The van der Waals surface area contributed by atoms with Crippen LogP contribution >= 0.6 is 0 Å². The van der Waals surface area contributed by atoms with E-state index in [1.54, 1.807) is 0 Å². The van der Waals surface area contributed by atoms with E-state index in [-0.39, 0.29) is 0 Å². The van der Waals surface area contributed by atoms with Crippen LogP contribution in [-0.4, -0.2) is 9.13 Å². The van der Waals surface area contributed by atoms with Crippen molar-refractivity contribution in [3.8, 4) is 11.4 Å². The van der Waals surface area contributed by atoms with Crippen LogP contribution in [0.5, 0.6) is 0 Å². The minimum atomic E-state index is 1.05. The molecule has 13 aromatic carbocycles. The molecule has 0 saturated heterocycles. The Labute approximate surface area is 428 Å². The highest BCUT2D eigenvalue weighted by atomic mass is 15.2. The van der Waals surface area contributed by atoms with E-state index >= 15 is 0 Å². The molecular weight excluding hydrogens is 897 g/mol. The third kappa shape index (κ3) is 6.42. The lowest BCUT2D eigenvalue weighted by molar-refractivity contribution is 1.19. The maximum atomic E-state index is 2.48. The summed E-state index contributed by atoms with van der Waals surface area (Å²) in [6.07, 6.45) is 0. The van der Waals surface area contributed by atoms with Gasteiger partial charge in [-0.05, 0) is 89.6 Å². The van der Waals surface area contributed by atoms with Crippen LogP contribution in [-0.2, 0) is 0 Å². The van der Waals surface area contributed by atoms with Gasteiger partial charge >= 0.3 is 0 Å². The van der Waals surface area contributed by atoms with Gasteiger partial charge < -0.3 is 18.9 Å². The number of nitrogens with zero attached hydrogens (tertiary/aromatic N) is 4. The van der Waals surface area contributed by atoms with Crippen molar-refractivity contribution in [3.63, 3.8) is 0 Å². The van der Waals surface area contributed by atoms with Crippen molar-refractivity contribution < 1.29 is 0 Å². The smallest absolute Gasteiger partial charge is 0.0542 e. The minimum Gasteiger partial charge on any atom is -0.309 e. The van der Waals surface area contributed by atoms with Crippen molar-refractivity contribution >= 4 is 121 Å². The van der Waals surface area contributed by atoms with Crippen LogP contribution in [0.3, 0.4) is 0 Å². The number of hydrogen-bond donors (Lipinski definition) is 0. The summed E-state index contributed by atoms with van der Waals surface area (Å²) in [7, 11) is 0. The zero-order chi connectivity index (χ0) is 48.7. The molecule has 0 N–H and O–H groups in total. The van der Waals surface area contributed by atoms with Crippen LogP contribution in [0.2, 0.25) is 0 Å². The van der Waals surface area contributed by atoms with Gasteiger partial charge in [-0.2, -0.15) is 0 Å². The number of rotatable bonds is 8. The predicted octanol–water partition coefficient (Wildman–Crippen LogP) is 19.4. The molecule has 0 fully saturated rings. The molecule has 0 aliphatic carbocycles. The molecule has 0 aliphatic heterocycles. The molecule has 2 aromatic heterocycles. The maximum absolute atomic E-state index is 2.48. The fourth-order valence-electron chi connectivity index (χ4n) is 12.1. The number of anilines is 6. The molecule has 346 valence electrons. The van der Waals surface area contributed by atoms with Gasteiger partial charge in [-0.1, -0.05) is 200 Å². The Bertz CT molecular complexity index is 4300. The first-order chi connectivity index (χ1) is 36.8. The Morgan fingerprint density at radius 3 is 0.878 bits per heavy atom. The highest BCUT2D eigenvalue weighted by Crippen LogP contribution is 2.49. The second-order valence-corrected chi connectivity index (χ2v) is 19.2. The fraction of sp³-hybridized carbons (Fsp3) is 0. The predicted molar refractivity (Wildman–Crippen MR) is 315 cm³/mol. The van der Waals surface area contributed by atoms with Crippen molar-refractivity contribution in [2.75, 3.05) is 9.80 Å². The van der Waals surface area contributed by atoms with E-state index in [0.29, 0.717) is 0 Å². The van der Waals surface area contributed by atoms with Crippen molar-refractivity contribution in [3.05, 3.63) is 279 Å². The van der Waals surface area contributed by atoms with E-state index < -0.39 is 0 Å². The number of benzene rings is 13. The second kappa shape index (κ2) is 16.9. The summed E-state index contributed by atoms with van der Waals surface area (Å²) < 4.78 is 4.89. The largest absolute Gasteiger partial charge is 0.309 e. The first-order valence-electron chi connectivity index (χ1n) is 25.4. The van der Waals surface area contributed by atoms with E-state index in [1.165, 1.54) is 75.9 Å². The number of hydrogen-bond acceptors (Lipinski definition) is 2. The molecule has 4 heteroatoms. The molecule has 0 atom stereocenters. The lowest BCUT2D eigenvalue weighted by Gasteiger charge is -2.32. The van der Waals surface area contributed by atoms with Gasteiger partial charge in [-0.15, -0.1) is 0 Å². The monoisotopic (exact) mass is 942 g/mol. The van der Waals surface area contributed by atoms with E-state index in [9.17, 15) is 0 Å². The summed E-state index contributed by atoms with van der Waals surface area (Å²) in [6, 6.07) is 102. The molecule has 74 heavy (non-hydrogen) atoms. The summed E-state index contributed by atoms with van der Waals surface area (Å²) in [5.74, 6) is 0. The van der Waals surface area contributed by atoms with Crippen molar-refractivity contribution in [2.45, 2.75) is 0 Å². The molecule has 4 nitrogen and oxygen atoms in total. The lowest BCUT2D eigenvalue weighted by Crippen LogP contribution is -2.14. The Kier molecular flexibility index (Phi) is 9.54. The molecule has 2 heterocycles. The number of aromatic nitrogens is 2.